The monoisotopic (exact) mass is 415 g/mol. The maximum Gasteiger partial charge on any atom is 0.238 e. The van der Waals surface area contributed by atoms with Gasteiger partial charge in [0.1, 0.15) is 0 Å². The molecule has 1 fully saturated rings. The van der Waals surface area contributed by atoms with Crippen LogP contribution in [0.5, 0.6) is 0 Å². The van der Waals surface area contributed by atoms with Gasteiger partial charge in [-0.05, 0) is 49.6 Å². The van der Waals surface area contributed by atoms with Gasteiger partial charge in [0.25, 0.3) is 0 Å². The molecule has 2 amide bonds. The van der Waals surface area contributed by atoms with Crippen LogP contribution in [0.3, 0.4) is 0 Å². The van der Waals surface area contributed by atoms with Crippen LogP contribution in [-0.4, -0.2) is 30.2 Å². The van der Waals surface area contributed by atoms with Crippen LogP contribution in [0.2, 0.25) is 5.02 Å². The molecule has 5 nitrogen and oxygen atoms in total. The van der Waals surface area contributed by atoms with E-state index in [4.69, 9.17) is 11.6 Å². The van der Waals surface area contributed by atoms with Crippen molar-refractivity contribution in [2.75, 3.05) is 28.6 Å². The van der Waals surface area contributed by atoms with E-state index in [-0.39, 0.29) is 18.2 Å². The highest BCUT2D eigenvalue weighted by atomic mass is 35.5. The zero-order valence-electron chi connectivity index (χ0n) is 15.4. The van der Waals surface area contributed by atoms with Crippen LogP contribution in [0, 0.1) is 0 Å². The van der Waals surface area contributed by atoms with E-state index in [2.05, 4.69) is 15.5 Å². The van der Waals surface area contributed by atoms with Gasteiger partial charge in [0.05, 0.1) is 22.3 Å². The molecule has 2 aromatic carbocycles. The van der Waals surface area contributed by atoms with E-state index in [1.54, 1.807) is 6.07 Å². The highest BCUT2D eigenvalue weighted by molar-refractivity contribution is 8.01. The van der Waals surface area contributed by atoms with Gasteiger partial charge in [-0.25, -0.2) is 0 Å². The minimum Gasteiger partial charge on any atom is -0.370 e. The zero-order valence-corrected chi connectivity index (χ0v) is 17.0. The molecule has 2 aliphatic heterocycles. The maximum atomic E-state index is 12.7. The number of thioether (sulfide) groups is 1. The number of benzene rings is 2. The number of rotatable bonds is 4. The second-order valence-electron chi connectivity index (χ2n) is 7.05. The molecule has 0 aliphatic carbocycles. The van der Waals surface area contributed by atoms with Gasteiger partial charge < -0.3 is 15.5 Å². The molecule has 146 valence electrons. The normalized spacial score (nSPS) is 19.0. The first kappa shape index (κ1) is 19.2. The Hall–Kier alpha value is -2.18. The number of para-hydroxylation sites is 1. The van der Waals surface area contributed by atoms with Crippen molar-refractivity contribution in [2.24, 2.45) is 0 Å². The Morgan fingerprint density at radius 1 is 1.18 bits per heavy atom. The number of nitrogens with one attached hydrogen (secondary N) is 2. The molecule has 2 N–H and O–H groups in total. The summed E-state index contributed by atoms with van der Waals surface area (Å²) in [6.07, 6.45) is 3.64. The molecular weight excluding hydrogens is 394 g/mol. The number of amides is 2. The lowest BCUT2D eigenvalue weighted by Gasteiger charge is -2.31. The second kappa shape index (κ2) is 8.45. The van der Waals surface area contributed by atoms with E-state index < -0.39 is 5.25 Å². The molecule has 0 radical (unpaired) electrons. The fourth-order valence-corrected chi connectivity index (χ4v) is 4.90. The van der Waals surface area contributed by atoms with Gasteiger partial charge in [0.2, 0.25) is 11.8 Å². The van der Waals surface area contributed by atoms with E-state index in [1.807, 2.05) is 36.4 Å². The molecule has 28 heavy (non-hydrogen) atoms. The van der Waals surface area contributed by atoms with Gasteiger partial charge >= 0.3 is 0 Å². The Balaban J connectivity index is 1.47. The van der Waals surface area contributed by atoms with E-state index in [0.717, 1.165) is 42.2 Å². The lowest BCUT2D eigenvalue weighted by molar-refractivity contribution is -0.120. The smallest absolute Gasteiger partial charge is 0.238 e. The van der Waals surface area contributed by atoms with Crippen LogP contribution >= 0.6 is 23.4 Å². The third kappa shape index (κ3) is 4.28. The summed E-state index contributed by atoms with van der Waals surface area (Å²) in [7, 11) is 0. The molecule has 0 unspecified atom stereocenters. The minimum atomic E-state index is -0.451. The summed E-state index contributed by atoms with van der Waals surface area (Å²) in [5.74, 6) is -0.325. The Morgan fingerprint density at radius 3 is 2.79 bits per heavy atom. The van der Waals surface area contributed by atoms with E-state index in [1.165, 1.54) is 18.2 Å². The van der Waals surface area contributed by atoms with E-state index in [0.29, 0.717) is 10.7 Å². The van der Waals surface area contributed by atoms with Crippen LogP contribution in [0.1, 0.15) is 25.7 Å². The average molecular weight is 416 g/mol. The highest BCUT2D eigenvalue weighted by Gasteiger charge is 2.29. The number of carbonyl (C=O) groups is 2. The summed E-state index contributed by atoms with van der Waals surface area (Å²) in [6, 6.07) is 13.2. The predicted octanol–water partition coefficient (Wildman–Crippen LogP) is 4.77. The van der Waals surface area contributed by atoms with Gasteiger partial charge in [-0.1, -0.05) is 23.7 Å². The third-order valence-electron chi connectivity index (χ3n) is 5.01. The van der Waals surface area contributed by atoms with Gasteiger partial charge in [-0.2, -0.15) is 0 Å². The summed E-state index contributed by atoms with van der Waals surface area (Å²) in [5, 5.41) is 5.99. The van der Waals surface area contributed by atoms with Gasteiger partial charge in [-0.3, -0.25) is 9.59 Å². The van der Waals surface area contributed by atoms with Crippen molar-refractivity contribution >= 4 is 52.2 Å². The number of halogens is 1. The second-order valence-corrected chi connectivity index (χ2v) is 8.73. The van der Waals surface area contributed by atoms with Crippen LogP contribution in [0.15, 0.2) is 47.4 Å². The molecule has 4 rings (SSSR count). The Kier molecular flexibility index (Phi) is 5.78. The van der Waals surface area contributed by atoms with Crippen LogP contribution in [-0.2, 0) is 9.59 Å². The standard InChI is InChI=1S/C21H22ClN3O2S/c22-14-8-9-17(25-10-4-1-5-11-25)16(12-14)23-20(26)13-19-21(27)24-15-6-2-3-7-18(15)28-19/h2-3,6-9,12,19H,1,4-5,10-11,13H2,(H,23,26)(H,24,27)/t19-/m1/s1. The SMILES string of the molecule is O=C(C[C@H]1Sc2ccccc2NC1=O)Nc1cc(Cl)ccc1N1CCCCC1. The zero-order chi connectivity index (χ0) is 19.5. The van der Waals surface area contributed by atoms with Crippen molar-refractivity contribution in [3.8, 4) is 0 Å². The quantitative estimate of drug-likeness (QED) is 0.754. The third-order valence-corrected chi connectivity index (χ3v) is 6.52. The first-order chi connectivity index (χ1) is 13.6. The summed E-state index contributed by atoms with van der Waals surface area (Å²) in [6.45, 7) is 1.95. The summed E-state index contributed by atoms with van der Waals surface area (Å²) < 4.78 is 0. The van der Waals surface area contributed by atoms with Gasteiger partial charge in [-0.15, -0.1) is 11.8 Å². The lowest BCUT2D eigenvalue weighted by Crippen LogP contribution is -2.33. The molecule has 1 saturated heterocycles. The Morgan fingerprint density at radius 2 is 1.96 bits per heavy atom. The number of fused-ring (bicyclic) bond motifs is 1. The van der Waals surface area contributed by atoms with Crippen molar-refractivity contribution in [2.45, 2.75) is 35.8 Å². The number of anilines is 3. The summed E-state index contributed by atoms with van der Waals surface area (Å²) in [4.78, 5) is 28.4. The highest BCUT2D eigenvalue weighted by Crippen LogP contribution is 2.37. The number of hydrogen-bond donors (Lipinski definition) is 2. The Bertz CT molecular complexity index is 899. The summed E-state index contributed by atoms with van der Waals surface area (Å²) >= 11 is 7.60. The molecular formula is C21H22ClN3O2S. The van der Waals surface area contributed by atoms with Crippen molar-refractivity contribution in [3.05, 3.63) is 47.5 Å². The van der Waals surface area contributed by atoms with Crippen molar-refractivity contribution < 1.29 is 9.59 Å². The topological polar surface area (TPSA) is 61.4 Å². The molecule has 0 aromatic heterocycles. The first-order valence-corrected chi connectivity index (χ1v) is 10.8. The summed E-state index contributed by atoms with van der Waals surface area (Å²) in [5.41, 5.74) is 2.50. The number of piperidine rings is 1. The molecule has 0 saturated carbocycles. The molecule has 7 heteroatoms. The van der Waals surface area contributed by atoms with E-state index in [9.17, 15) is 9.59 Å². The largest absolute Gasteiger partial charge is 0.370 e. The molecule has 2 heterocycles. The predicted molar refractivity (Wildman–Crippen MR) is 115 cm³/mol. The molecule has 2 aliphatic rings. The fourth-order valence-electron chi connectivity index (χ4n) is 3.62. The average Bonchev–Trinajstić information content (AvgIpc) is 2.69. The van der Waals surface area contributed by atoms with Crippen molar-refractivity contribution in [1.29, 1.82) is 0 Å². The van der Waals surface area contributed by atoms with Gasteiger partial charge in [0, 0.05) is 29.4 Å². The number of nitrogens with zero attached hydrogens (tertiary/aromatic N) is 1. The Labute approximate surface area is 173 Å². The van der Waals surface area contributed by atoms with Crippen LogP contribution in [0.4, 0.5) is 17.1 Å². The molecule has 2 aromatic rings. The van der Waals surface area contributed by atoms with E-state index >= 15 is 0 Å². The molecule has 1 atom stereocenters. The van der Waals surface area contributed by atoms with Crippen LogP contribution in [0.25, 0.3) is 0 Å². The lowest BCUT2D eigenvalue weighted by atomic mass is 10.1. The maximum absolute atomic E-state index is 12.7. The first-order valence-electron chi connectivity index (χ1n) is 9.51. The fraction of sp³-hybridized carbons (Fsp3) is 0.333. The van der Waals surface area contributed by atoms with Crippen molar-refractivity contribution in [3.63, 3.8) is 0 Å². The minimum absolute atomic E-state index is 0.108. The van der Waals surface area contributed by atoms with Crippen LogP contribution < -0.4 is 15.5 Å². The number of hydrogen-bond acceptors (Lipinski definition) is 4. The number of carbonyl (C=O) groups excluding carboxylic acids is 2. The van der Waals surface area contributed by atoms with Gasteiger partial charge in [0.15, 0.2) is 0 Å². The molecule has 0 spiro atoms. The van der Waals surface area contributed by atoms with Crippen molar-refractivity contribution in [1.82, 2.24) is 0 Å². The molecule has 0 bridgehead atoms.